The maximum absolute atomic E-state index is 12.6. The second-order valence-electron chi connectivity index (χ2n) is 7.14. The number of hydrogen-bond acceptors (Lipinski definition) is 2. The third kappa shape index (κ3) is 4.11. The fraction of sp³-hybridized carbons (Fsp3) is 0.304. The summed E-state index contributed by atoms with van der Waals surface area (Å²) in [6, 6.07) is 13.7. The molecule has 0 aliphatic carbocycles. The molecular formula is C23H26N2O2. The summed E-state index contributed by atoms with van der Waals surface area (Å²) in [5, 5.41) is 3.98. The van der Waals surface area contributed by atoms with Crippen LogP contribution in [0.3, 0.4) is 0 Å². The van der Waals surface area contributed by atoms with Crippen molar-refractivity contribution in [1.82, 2.24) is 4.57 Å². The molecule has 0 fully saturated rings. The summed E-state index contributed by atoms with van der Waals surface area (Å²) in [6.07, 6.45) is 1.22. The first-order valence-electron chi connectivity index (χ1n) is 9.39. The van der Waals surface area contributed by atoms with Gasteiger partial charge in [0.25, 0.3) is 5.56 Å². The van der Waals surface area contributed by atoms with E-state index in [0.29, 0.717) is 6.54 Å². The maximum atomic E-state index is 12.6. The van der Waals surface area contributed by atoms with Gasteiger partial charge in [-0.15, -0.1) is 0 Å². The normalized spacial score (nSPS) is 11.0. The zero-order chi connectivity index (χ0) is 19.6. The minimum Gasteiger partial charge on any atom is -0.326 e. The first-order chi connectivity index (χ1) is 12.9. The molecule has 1 heterocycles. The zero-order valence-corrected chi connectivity index (χ0v) is 16.4. The van der Waals surface area contributed by atoms with Crippen LogP contribution in [0.1, 0.15) is 35.6 Å². The Morgan fingerprint density at radius 1 is 1.00 bits per heavy atom. The van der Waals surface area contributed by atoms with Crippen LogP contribution < -0.4 is 10.9 Å². The van der Waals surface area contributed by atoms with Crippen LogP contribution in [0.5, 0.6) is 0 Å². The summed E-state index contributed by atoms with van der Waals surface area (Å²) < 4.78 is 1.72. The van der Waals surface area contributed by atoms with Crippen LogP contribution in [0, 0.1) is 20.8 Å². The summed E-state index contributed by atoms with van der Waals surface area (Å²) in [4.78, 5) is 24.9. The number of benzene rings is 2. The van der Waals surface area contributed by atoms with Gasteiger partial charge >= 0.3 is 0 Å². The number of aryl methyl sites for hydroxylation is 5. The quantitative estimate of drug-likeness (QED) is 0.725. The molecule has 1 aromatic heterocycles. The summed E-state index contributed by atoms with van der Waals surface area (Å²) in [5.74, 6) is -0.0929. The lowest BCUT2D eigenvalue weighted by Gasteiger charge is -2.15. The maximum Gasteiger partial charge on any atom is 0.251 e. The van der Waals surface area contributed by atoms with Crippen molar-refractivity contribution in [1.29, 1.82) is 0 Å². The zero-order valence-electron chi connectivity index (χ0n) is 16.4. The Balaban J connectivity index is 1.82. The van der Waals surface area contributed by atoms with Crippen molar-refractivity contribution in [2.75, 3.05) is 5.32 Å². The van der Waals surface area contributed by atoms with E-state index >= 15 is 0 Å². The van der Waals surface area contributed by atoms with E-state index in [-0.39, 0.29) is 17.9 Å². The van der Waals surface area contributed by atoms with Crippen molar-refractivity contribution in [3.8, 4) is 0 Å². The molecule has 1 N–H and O–H groups in total. The van der Waals surface area contributed by atoms with E-state index in [9.17, 15) is 9.59 Å². The summed E-state index contributed by atoms with van der Waals surface area (Å²) in [5.41, 5.74) is 6.07. The van der Waals surface area contributed by atoms with Gasteiger partial charge in [0.05, 0.1) is 5.52 Å². The number of pyridine rings is 1. The molecule has 4 nitrogen and oxygen atoms in total. The molecule has 4 heteroatoms. The number of anilines is 1. The molecule has 0 saturated heterocycles. The number of fused-ring (bicyclic) bond motifs is 1. The Hall–Kier alpha value is -2.88. The van der Waals surface area contributed by atoms with Crippen LogP contribution in [0.15, 0.2) is 47.3 Å². The SMILES string of the molecule is CCc1ccc(NC(=O)CCn2c(=O)cc(C)c3cc(C)cc(C)c32)cc1. The Morgan fingerprint density at radius 3 is 2.37 bits per heavy atom. The number of nitrogens with zero attached hydrogens (tertiary/aromatic N) is 1. The molecule has 140 valence electrons. The monoisotopic (exact) mass is 362 g/mol. The van der Waals surface area contributed by atoms with Crippen molar-refractivity contribution >= 4 is 22.5 Å². The highest BCUT2D eigenvalue weighted by molar-refractivity contribution is 5.91. The summed E-state index contributed by atoms with van der Waals surface area (Å²) in [6.45, 7) is 8.48. The van der Waals surface area contributed by atoms with E-state index < -0.39 is 0 Å². The van der Waals surface area contributed by atoms with Gasteiger partial charge in [0, 0.05) is 30.1 Å². The minimum absolute atomic E-state index is 0.0629. The van der Waals surface area contributed by atoms with Crippen molar-refractivity contribution in [3.05, 3.63) is 75.1 Å². The average molecular weight is 362 g/mol. The molecule has 0 aliphatic heterocycles. The molecule has 0 atom stereocenters. The number of aromatic nitrogens is 1. The molecular weight excluding hydrogens is 336 g/mol. The van der Waals surface area contributed by atoms with E-state index in [0.717, 1.165) is 34.1 Å². The lowest BCUT2D eigenvalue weighted by atomic mass is 10.0. The second kappa shape index (κ2) is 7.78. The average Bonchev–Trinajstić information content (AvgIpc) is 2.62. The highest BCUT2D eigenvalue weighted by Crippen LogP contribution is 2.22. The standard InChI is InChI=1S/C23H26N2O2/c1-5-18-6-8-19(9-7-18)24-21(26)10-11-25-22(27)14-16(3)20-13-15(2)12-17(4)23(20)25/h6-9,12-14H,5,10-11H2,1-4H3,(H,24,26). The lowest BCUT2D eigenvalue weighted by Crippen LogP contribution is -2.24. The number of hydrogen-bond donors (Lipinski definition) is 1. The summed E-state index contributed by atoms with van der Waals surface area (Å²) in [7, 11) is 0. The lowest BCUT2D eigenvalue weighted by molar-refractivity contribution is -0.116. The Bertz CT molecular complexity index is 1050. The molecule has 0 spiro atoms. The molecule has 0 bridgehead atoms. The van der Waals surface area contributed by atoms with Crippen molar-refractivity contribution in [3.63, 3.8) is 0 Å². The number of amides is 1. The van der Waals surface area contributed by atoms with Gasteiger partial charge in [0.15, 0.2) is 0 Å². The first-order valence-corrected chi connectivity index (χ1v) is 9.39. The van der Waals surface area contributed by atoms with Gasteiger partial charge in [-0.3, -0.25) is 9.59 Å². The number of nitrogens with one attached hydrogen (secondary N) is 1. The van der Waals surface area contributed by atoms with Gasteiger partial charge in [-0.25, -0.2) is 0 Å². The molecule has 0 aliphatic rings. The van der Waals surface area contributed by atoms with Crippen LogP contribution >= 0.6 is 0 Å². The first kappa shape index (κ1) is 18.9. The molecule has 1 amide bonds. The van der Waals surface area contributed by atoms with Crippen LogP contribution in [0.4, 0.5) is 5.69 Å². The largest absolute Gasteiger partial charge is 0.326 e. The molecule has 0 saturated carbocycles. The van der Waals surface area contributed by atoms with Crippen molar-refractivity contribution in [2.24, 2.45) is 0 Å². The Labute approximate surface area is 159 Å². The predicted molar refractivity (Wildman–Crippen MR) is 111 cm³/mol. The third-order valence-electron chi connectivity index (χ3n) is 4.95. The topological polar surface area (TPSA) is 51.1 Å². The van der Waals surface area contributed by atoms with Gasteiger partial charge in [-0.2, -0.15) is 0 Å². The van der Waals surface area contributed by atoms with Gasteiger partial charge < -0.3 is 9.88 Å². The highest BCUT2D eigenvalue weighted by atomic mass is 16.1. The van der Waals surface area contributed by atoms with Gasteiger partial charge in [0.1, 0.15) is 0 Å². The second-order valence-corrected chi connectivity index (χ2v) is 7.14. The number of carbonyl (C=O) groups excluding carboxylic acids is 1. The van der Waals surface area contributed by atoms with Gasteiger partial charge in [-0.05, 0) is 62.1 Å². The molecule has 27 heavy (non-hydrogen) atoms. The van der Waals surface area contributed by atoms with Gasteiger partial charge in [0.2, 0.25) is 5.91 Å². The van der Waals surface area contributed by atoms with Crippen LogP contribution in [0.2, 0.25) is 0 Å². The van der Waals surface area contributed by atoms with E-state index in [1.165, 1.54) is 11.1 Å². The predicted octanol–water partition coefficient (Wildman–Crippen LogP) is 4.52. The van der Waals surface area contributed by atoms with Crippen molar-refractivity contribution in [2.45, 2.75) is 47.1 Å². The van der Waals surface area contributed by atoms with E-state index in [1.54, 1.807) is 10.6 Å². The van der Waals surface area contributed by atoms with Crippen molar-refractivity contribution < 1.29 is 4.79 Å². The minimum atomic E-state index is -0.0929. The highest BCUT2D eigenvalue weighted by Gasteiger charge is 2.11. The molecule has 3 rings (SSSR count). The van der Waals surface area contributed by atoms with E-state index in [1.807, 2.05) is 38.1 Å². The molecule has 0 unspecified atom stereocenters. The molecule has 2 aromatic carbocycles. The number of rotatable bonds is 5. The fourth-order valence-corrected chi connectivity index (χ4v) is 3.55. The third-order valence-corrected chi connectivity index (χ3v) is 4.95. The fourth-order valence-electron chi connectivity index (χ4n) is 3.55. The van der Waals surface area contributed by atoms with E-state index in [4.69, 9.17) is 0 Å². The van der Waals surface area contributed by atoms with Gasteiger partial charge in [-0.1, -0.05) is 30.7 Å². The van der Waals surface area contributed by atoms with Crippen LogP contribution in [-0.2, 0) is 17.8 Å². The van der Waals surface area contributed by atoms with E-state index in [2.05, 4.69) is 31.3 Å². The Kier molecular flexibility index (Phi) is 5.45. The molecule has 0 radical (unpaired) electrons. The summed E-state index contributed by atoms with van der Waals surface area (Å²) >= 11 is 0. The number of carbonyl (C=O) groups is 1. The molecule has 3 aromatic rings. The smallest absolute Gasteiger partial charge is 0.251 e. The van der Waals surface area contributed by atoms with Crippen LogP contribution in [0.25, 0.3) is 10.9 Å². The van der Waals surface area contributed by atoms with Crippen LogP contribution in [-0.4, -0.2) is 10.5 Å². The Morgan fingerprint density at radius 2 is 1.70 bits per heavy atom.